The number of carbonyl (C=O) groups excluding carboxylic acids is 1. The van der Waals surface area contributed by atoms with Crippen molar-refractivity contribution in [2.45, 2.75) is 33.3 Å². The molecule has 8 heteroatoms. The highest BCUT2D eigenvalue weighted by Crippen LogP contribution is 2.28. The summed E-state index contributed by atoms with van der Waals surface area (Å²) >= 11 is 1.30. The van der Waals surface area contributed by atoms with Crippen LogP contribution in [0.15, 0.2) is 28.7 Å². The largest absolute Gasteiger partial charge is 0.490 e. The first-order chi connectivity index (χ1) is 12.0. The molecule has 0 aliphatic rings. The number of aromatic nitrogens is 1. The lowest BCUT2D eigenvalue weighted by molar-refractivity contribution is -0.120. The highest BCUT2D eigenvalue weighted by atomic mass is 32.1. The van der Waals surface area contributed by atoms with E-state index in [4.69, 9.17) is 15.2 Å². The number of hydrogen-bond donors (Lipinski definition) is 2. The van der Waals surface area contributed by atoms with Gasteiger partial charge < -0.3 is 15.2 Å². The summed E-state index contributed by atoms with van der Waals surface area (Å²) in [5, 5.41) is 6.15. The molecule has 2 aromatic rings. The molecule has 0 saturated heterocycles. The van der Waals surface area contributed by atoms with Gasteiger partial charge in [0.15, 0.2) is 16.6 Å². The molecule has 7 nitrogen and oxygen atoms in total. The molecule has 0 fully saturated rings. The Morgan fingerprint density at radius 3 is 2.88 bits per heavy atom. The molecular weight excluding hydrogens is 340 g/mol. The van der Waals surface area contributed by atoms with Crippen molar-refractivity contribution in [2.24, 2.45) is 5.10 Å². The smallest absolute Gasteiger partial charge is 0.246 e. The van der Waals surface area contributed by atoms with Crippen molar-refractivity contribution in [3.05, 3.63) is 34.8 Å². The number of hydrazone groups is 1. The summed E-state index contributed by atoms with van der Waals surface area (Å²) in [6, 6.07) is 5.49. The minimum absolute atomic E-state index is 0.0535. The molecule has 25 heavy (non-hydrogen) atoms. The van der Waals surface area contributed by atoms with Crippen LogP contribution in [-0.2, 0) is 11.2 Å². The molecule has 1 aromatic heterocycles. The van der Waals surface area contributed by atoms with E-state index < -0.39 is 0 Å². The summed E-state index contributed by atoms with van der Waals surface area (Å²) in [6.07, 6.45) is 1.74. The quantitative estimate of drug-likeness (QED) is 0.555. The van der Waals surface area contributed by atoms with Gasteiger partial charge in [0.25, 0.3) is 0 Å². The Bertz CT molecular complexity index is 743. The predicted octanol–water partition coefficient (Wildman–Crippen LogP) is 2.60. The number of hydrogen-bond acceptors (Lipinski definition) is 7. The van der Waals surface area contributed by atoms with Crippen LogP contribution in [0, 0.1) is 0 Å². The van der Waals surface area contributed by atoms with Gasteiger partial charge in [-0.3, -0.25) is 4.79 Å². The minimum atomic E-state index is -0.258. The van der Waals surface area contributed by atoms with Gasteiger partial charge in [-0.05, 0) is 44.5 Å². The number of ether oxygens (including phenoxy) is 2. The first-order valence-corrected chi connectivity index (χ1v) is 8.81. The summed E-state index contributed by atoms with van der Waals surface area (Å²) in [4.78, 5) is 15.8. The number of nitrogens with zero attached hydrogens (tertiary/aromatic N) is 2. The van der Waals surface area contributed by atoms with Gasteiger partial charge in [-0.25, -0.2) is 10.4 Å². The number of anilines is 1. The molecule has 3 N–H and O–H groups in total. The first-order valence-electron chi connectivity index (χ1n) is 7.93. The number of rotatable bonds is 8. The van der Waals surface area contributed by atoms with Crippen molar-refractivity contribution in [3.63, 3.8) is 0 Å². The molecule has 1 heterocycles. The molecule has 0 atom stereocenters. The van der Waals surface area contributed by atoms with E-state index in [1.807, 2.05) is 39.0 Å². The summed E-state index contributed by atoms with van der Waals surface area (Å²) in [5.74, 6) is 1.06. The molecule has 1 amide bonds. The van der Waals surface area contributed by atoms with Gasteiger partial charge in [-0.1, -0.05) is 0 Å². The van der Waals surface area contributed by atoms with Gasteiger partial charge in [-0.2, -0.15) is 5.10 Å². The van der Waals surface area contributed by atoms with Crippen LogP contribution in [0.4, 0.5) is 5.13 Å². The zero-order valence-corrected chi connectivity index (χ0v) is 15.3. The molecule has 0 spiro atoms. The fraction of sp³-hybridized carbons (Fsp3) is 0.353. The van der Waals surface area contributed by atoms with Crippen molar-refractivity contribution < 1.29 is 14.3 Å². The third-order valence-electron chi connectivity index (χ3n) is 2.94. The SMILES string of the molecule is CCOc1cc(/C=N/NC(=O)Cc2csc(N)n2)ccc1OC(C)C. The first kappa shape index (κ1) is 18.7. The predicted molar refractivity (Wildman–Crippen MR) is 99.3 cm³/mol. The van der Waals surface area contributed by atoms with Crippen LogP contribution in [0.5, 0.6) is 11.5 Å². The Hall–Kier alpha value is -2.61. The van der Waals surface area contributed by atoms with E-state index in [2.05, 4.69) is 15.5 Å². The Kier molecular flexibility index (Phi) is 6.76. The third kappa shape index (κ3) is 6.07. The topological polar surface area (TPSA) is 98.8 Å². The Labute approximate surface area is 150 Å². The number of benzene rings is 1. The molecule has 1 aromatic carbocycles. The van der Waals surface area contributed by atoms with E-state index >= 15 is 0 Å². The van der Waals surface area contributed by atoms with Crippen molar-refractivity contribution in [1.29, 1.82) is 0 Å². The lowest BCUT2D eigenvalue weighted by atomic mass is 10.2. The summed E-state index contributed by atoms with van der Waals surface area (Å²) in [6.45, 7) is 6.35. The molecule has 0 aliphatic heterocycles. The highest BCUT2D eigenvalue weighted by molar-refractivity contribution is 7.13. The number of nitrogens with one attached hydrogen (secondary N) is 1. The molecule has 0 radical (unpaired) electrons. The van der Waals surface area contributed by atoms with Gasteiger partial charge >= 0.3 is 0 Å². The molecule has 0 saturated carbocycles. The van der Waals surface area contributed by atoms with Gasteiger partial charge in [0, 0.05) is 5.38 Å². The van der Waals surface area contributed by atoms with Crippen molar-refractivity contribution in [1.82, 2.24) is 10.4 Å². The number of nitrogens with two attached hydrogens (primary N) is 1. The van der Waals surface area contributed by atoms with Crippen LogP contribution >= 0.6 is 11.3 Å². The van der Waals surface area contributed by atoms with E-state index in [1.165, 1.54) is 11.3 Å². The number of carbonyl (C=O) groups is 1. The zero-order valence-electron chi connectivity index (χ0n) is 14.5. The van der Waals surface area contributed by atoms with E-state index in [1.54, 1.807) is 11.6 Å². The summed E-state index contributed by atoms with van der Waals surface area (Å²) < 4.78 is 11.3. The van der Waals surface area contributed by atoms with Gasteiger partial charge in [0.2, 0.25) is 5.91 Å². The molecule has 134 valence electrons. The fourth-order valence-corrected chi connectivity index (χ4v) is 2.57. The molecule has 0 bridgehead atoms. The lowest BCUT2D eigenvalue weighted by Crippen LogP contribution is -2.20. The zero-order chi connectivity index (χ0) is 18.2. The monoisotopic (exact) mass is 362 g/mol. The van der Waals surface area contributed by atoms with E-state index in [9.17, 15) is 4.79 Å². The Morgan fingerprint density at radius 2 is 2.24 bits per heavy atom. The highest BCUT2D eigenvalue weighted by Gasteiger charge is 2.08. The average Bonchev–Trinajstić information content (AvgIpc) is 2.94. The number of thiazole rings is 1. The third-order valence-corrected chi connectivity index (χ3v) is 3.67. The van der Waals surface area contributed by atoms with Crippen LogP contribution < -0.4 is 20.6 Å². The second kappa shape index (κ2) is 9.03. The van der Waals surface area contributed by atoms with Crippen molar-refractivity contribution >= 4 is 28.6 Å². The van der Waals surface area contributed by atoms with Crippen LogP contribution in [-0.4, -0.2) is 29.8 Å². The fourth-order valence-electron chi connectivity index (χ4n) is 2.01. The normalized spacial score (nSPS) is 11.0. The van der Waals surface area contributed by atoms with E-state index in [-0.39, 0.29) is 18.4 Å². The maximum Gasteiger partial charge on any atom is 0.246 e. The summed E-state index contributed by atoms with van der Waals surface area (Å²) in [7, 11) is 0. The summed E-state index contributed by atoms with van der Waals surface area (Å²) in [5.41, 5.74) is 9.42. The molecule has 0 unspecified atom stereocenters. The van der Waals surface area contributed by atoms with Crippen molar-refractivity contribution in [2.75, 3.05) is 12.3 Å². The van der Waals surface area contributed by atoms with Gasteiger partial charge in [0.05, 0.1) is 31.0 Å². The van der Waals surface area contributed by atoms with Crippen molar-refractivity contribution in [3.8, 4) is 11.5 Å². The Balaban J connectivity index is 1.97. The second-order valence-corrected chi connectivity index (χ2v) is 6.34. The second-order valence-electron chi connectivity index (χ2n) is 5.45. The van der Waals surface area contributed by atoms with Gasteiger partial charge in [-0.15, -0.1) is 11.3 Å². The van der Waals surface area contributed by atoms with E-state index in [0.29, 0.717) is 28.9 Å². The number of nitrogen functional groups attached to an aromatic ring is 1. The number of amides is 1. The average molecular weight is 362 g/mol. The molecule has 0 aliphatic carbocycles. The van der Waals surface area contributed by atoms with Crippen LogP contribution in [0.3, 0.4) is 0 Å². The van der Waals surface area contributed by atoms with Crippen LogP contribution in [0.1, 0.15) is 32.0 Å². The minimum Gasteiger partial charge on any atom is -0.490 e. The molecular formula is C17H22N4O3S. The maximum absolute atomic E-state index is 11.8. The molecule has 2 rings (SSSR count). The van der Waals surface area contributed by atoms with Crippen LogP contribution in [0.25, 0.3) is 0 Å². The maximum atomic E-state index is 11.8. The van der Waals surface area contributed by atoms with E-state index in [0.717, 1.165) is 5.56 Å². The van der Waals surface area contributed by atoms with Crippen LogP contribution in [0.2, 0.25) is 0 Å². The Morgan fingerprint density at radius 1 is 1.44 bits per heavy atom. The lowest BCUT2D eigenvalue weighted by Gasteiger charge is -2.14. The standard InChI is InChI=1S/C17H22N4O3S/c1-4-23-15-7-12(5-6-14(15)24-11(2)3)9-19-21-16(22)8-13-10-25-17(18)20-13/h5-7,9-11H,4,8H2,1-3H3,(H2,18,20)(H,21,22)/b19-9+. The van der Waals surface area contributed by atoms with Gasteiger partial charge in [0.1, 0.15) is 0 Å².